The molecule has 0 bridgehead atoms. The molecular weight excluding hydrogens is 328 g/mol. The van der Waals surface area contributed by atoms with Crippen molar-refractivity contribution in [3.05, 3.63) is 34.3 Å². The first-order valence-electron chi connectivity index (χ1n) is 6.41. The van der Waals surface area contributed by atoms with Crippen molar-refractivity contribution in [1.82, 2.24) is 10.2 Å². The number of rotatable bonds is 3. The van der Waals surface area contributed by atoms with Crippen LogP contribution in [-0.4, -0.2) is 36.5 Å². The lowest BCUT2D eigenvalue weighted by Gasteiger charge is -2.34. The molecule has 1 saturated heterocycles. The molecule has 106 valence electrons. The number of nitrogens with one attached hydrogen (secondary N) is 1. The molecule has 0 aromatic heterocycles. The number of piperazine rings is 1. The van der Waals surface area contributed by atoms with E-state index in [0.29, 0.717) is 12.5 Å². The first kappa shape index (κ1) is 16.5. The van der Waals surface area contributed by atoms with Gasteiger partial charge in [-0.25, -0.2) is 0 Å². The number of nitrogens with zero attached hydrogens (tertiary/aromatic N) is 1. The van der Waals surface area contributed by atoms with Crippen molar-refractivity contribution in [2.24, 2.45) is 0 Å². The molecule has 0 spiro atoms. The Balaban J connectivity index is 0.00000180. The summed E-state index contributed by atoms with van der Waals surface area (Å²) in [5, 5.41) is 3.30. The topological polar surface area (TPSA) is 32.3 Å². The number of amides is 1. The van der Waals surface area contributed by atoms with Crippen LogP contribution < -0.4 is 5.32 Å². The van der Waals surface area contributed by atoms with Crippen molar-refractivity contribution in [2.45, 2.75) is 25.8 Å². The molecule has 1 aliphatic heterocycles. The molecule has 1 heterocycles. The molecule has 1 aromatic rings. The maximum absolute atomic E-state index is 12.1. The summed E-state index contributed by atoms with van der Waals surface area (Å²) in [6.45, 7) is 4.75. The highest BCUT2D eigenvalue weighted by Gasteiger charge is 2.22. The van der Waals surface area contributed by atoms with E-state index in [-0.39, 0.29) is 18.3 Å². The molecule has 1 atom stereocenters. The SMILES string of the molecule is C[C@@H]1CNCCN1C(=O)CCc1ccc(Br)cc1.Cl. The fourth-order valence-corrected chi connectivity index (χ4v) is 2.52. The summed E-state index contributed by atoms with van der Waals surface area (Å²) in [7, 11) is 0. The Kier molecular flexibility index (Phi) is 6.83. The van der Waals surface area contributed by atoms with Crippen LogP contribution >= 0.6 is 28.3 Å². The minimum Gasteiger partial charge on any atom is -0.337 e. The van der Waals surface area contributed by atoms with Gasteiger partial charge in [-0.2, -0.15) is 0 Å². The molecule has 1 fully saturated rings. The Morgan fingerprint density at radius 3 is 2.74 bits per heavy atom. The van der Waals surface area contributed by atoms with Crippen LogP contribution in [0, 0.1) is 0 Å². The number of hydrogen-bond donors (Lipinski definition) is 1. The number of hydrogen-bond acceptors (Lipinski definition) is 2. The van der Waals surface area contributed by atoms with E-state index in [0.717, 1.165) is 30.5 Å². The van der Waals surface area contributed by atoms with Crippen molar-refractivity contribution in [3.8, 4) is 0 Å². The fraction of sp³-hybridized carbons (Fsp3) is 0.500. The van der Waals surface area contributed by atoms with Gasteiger partial charge in [0.05, 0.1) is 0 Å². The van der Waals surface area contributed by atoms with Crippen molar-refractivity contribution in [2.75, 3.05) is 19.6 Å². The number of carbonyl (C=O) groups is 1. The van der Waals surface area contributed by atoms with Crippen molar-refractivity contribution < 1.29 is 4.79 Å². The maximum Gasteiger partial charge on any atom is 0.223 e. The largest absolute Gasteiger partial charge is 0.337 e. The lowest BCUT2D eigenvalue weighted by Crippen LogP contribution is -2.52. The first-order valence-corrected chi connectivity index (χ1v) is 7.21. The van der Waals surface area contributed by atoms with Crippen molar-refractivity contribution in [3.63, 3.8) is 0 Å². The van der Waals surface area contributed by atoms with E-state index in [4.69, 9.17) is 0 Å². The molecule has 2 rings (SSSR count). The van der Waals surface area contributed by atoms with Crippen molar-refractivity contribution >= 4 is 34.2 Å². The molecule has 5 heteroatoms. The van der Waals surface area contributed by atoms with E-state index in [2.05, 4.69) is 40.3 Å². The number of halogens is 2. The Morgan fingerprint density at radius 1 is 1.42 bits per heavy atom. The molecule has 1 amide bonds. The van der Waals surface area contributed by atoms with E-state index in [1.807, 2.05) is 17.0 Å². The van der Waals surface area contributed by atoms with E-state index < -0.39 is 0 Å². The van der Waals surface area contributed by atoms with Crippen molar-refractivity contribution in [1.29, 1.82) is 0 Å². The molecule has 19 heavy (non-hydrogen) atoms. The highest BCUT2D eigenvalue weighted by Crippen LogP contribution is 2.13. The highest BCUT2D eigenvalue weighted by atomic mass is 79.9. The average molecular weight is 348 g/mol. The van der Waals surface area contributed by atoms with Gasteiger partial charge in [0.15, 0.2) is 0 Å². The second-order valence-electron chi connectivity index (χ2n) is 4.77. The fourth-order valence-electron chi connectivity index (χ4n) is 2.26. The molecule has 0 unspecified atom stereocenters. The number of aryl methyl sites for hydroxylation is 1. The van der Waals surface area contributed by atoms with Crippen LogP contribution in [0.2, 0.25) is 0 Å². The maximum atomic E-state index is 12.1. The molecular formula is C14H20BrClN2O. The monoisotopic (exact) mass is 346 g/mol. The summed E-state index contributed by atoms with van der Waals surface area (Å²) in [5.74, 6) is 0.270. The molecule has 1 N–H and O–H groups in total. The van der Waals surface area contributed by atoms with Gasteiger partial charge in [-0.05, 0) is 31.0 Å². The van der Waals surface area contributed by atoms with E-state index in [1.54, 1.807) is 0 Å². The zero-order valence-corrected chi connectivity index (χ0v) is 13.5. The minimum absolute atomic E-state index is 0. The van der Waals surface area contributed by atoms with E-state index >= 15 is 0 Å². The molecule has 0 radical (unpaired) electrons. The molecule has 0 saturated carbocycles. The van der Waals surface area contributed by atoms with Gasteiger partial charge in [-0.3, -0.25) is 4.79 Å². The van der Waals surface area contributed by atoms with Gasteiger partial charge in [0, 0.05) is 36.6 Å². The minimum atomic E-state index is 0. The normalized spacial score (nSPS) is 18.8. The third-order valence-electron chi connectivity index (χ3n) is 3.36. The zero-order valence-electron chi connectivity index (χ0n) is 11.1. The van der Waals surface area contributed by atoms with Gasteiger partial charge in [0.1, 0.15) is 0 Å². The summed E-state index contributed by atoms with van der Waals surface area (Å²) < 4.78 is 1.08. The second-order valence-corrected chi connectivity index (χ2v) is 5.68. The predicted octanol–water partition coefficient (Wildman–Crippen LogP) is 2.62. The van der Waals surface area contributed by atoms with Crippen LogP contribution in [0.4, 0.5) is 0 Å². The molecule has 3 nitrogen and oxygen atoms in total. The highest BCUT2D eigenvalue weighted by molar-refractivity contribution is 9.10. The Morgan fingerprint density at radius 2 is 2.11 bits per heavy atom. The lowest BCUT2D eigenvalue weighted by atomic mass is 10.1. The Bertz CT molecular complexity index is 410. The van der Waals surface area contributed by atoms with Gasteiger partial charge in [-0.1, -0.05) is 28.1 Å². The summed E-state index contributed by atoms with van der Waals surface area (Å²) in [5.41, 5.74) is 1.22. The molecule has 1 aromatic carbocycles. The first-order chi connectivity index (χ1) is 8.66. The average Bonchev–Trinajstić information content (AvgIpc) is 2.38. The van der Waals surface area contributed by atoms with Crippen LogP contribution in [0.15, 0.2) is 28.7 Å². The number of benzene rings is 1. The number of carbonyl (C=O) groups excluding carboxylic acids is 1. The van der Waals surface area contributed by atoms with Crippen LogP contribution in [0.1, 0.15) is 18.9 Å². The van der Waals surface area contributed by atoms with Crippen LogP contribution in [-0.2, 0) is 11.2 Å². The Hall–Kier alpha value is -0.580. The summed E-state index contributed by atoms with van der Waals surface area (Å²) in [6, 6.07) is 8.49. The van der Waals surface area contributed by atoms with Gasteiger partial charge < -0.3 is 10.2 Å². The molecule has 1 aliphatic rings. The summed E-state index contributed by atoms with van der Waals surface area (Å²) >= 11 is 3.41. The second kappa shape index (κ2) is 7.88. The van der Waals surface area contributed by atoms with Gasteiger partial charge in [-0.15, -0.1) is 12.4 Å². The summed E-state index contributed by atoms with van der Waals surface area (Å²) in [4.78, 5) is 14.1. The standard InChI is InChI=1S/C14H19BrN2O.ClH/c1-11-10-16-8-9-17(11)14(18)7-4-12-2-5-13(15)6-3-12;/h2-3,5-6,11,16H,4,7-10H2,1H3;1H/t11-;/m1./s1. The van der Waals surface area contributed by atoms with Gasteiger partial charge in [0.2, 0.25) is 5.91 Å². The third kappa shape index (κ3) is 4.79. The van der Waals surface area contributed by atoms with Crippen LogP contribution in [0.25, 0.3) is 0 Å². The molecule has 0 aliphatic carbocycles. The van der Waals surface area contributed by atoms with Gasteiger partial charge in [0.25, 0.3) is 0 Å². The van der Waals surface area contributed by atoms with Gasteiger partial charge >= 0.3 is 0 Å². The third-order valence-corrected chi connectivity index (χ3v) is 3.89. The smallest absolute Gasteiger partial charge is 0.223 e. The van der Waals surface area contributed by atoms with Crippen LogP contribution in [0.3, 0.4) is 0 Å². The van der Waals surface area contributed by atoms with E-state index in [1.165, 1.54) is 5.56 Å². The zero-order chi connectivity index (χ0) is 13.0. The quantitative estimate of drug-likeness (QED) is 0.911. The van der Waals surface area contributed by atoms with E-state index in [9.17, 15) is 4.79 Å². The lowest BCUT2D eigenvalue weighted by molar-refractivity contribution is -0.133. The summed E-state index contributed by atoms with van der Waals surface area (Å²) in [6.07, 6.45) is 1.43. The Labute approximate surface area is 129 Å². The van der Waals surface area contributed by atoms with Crippen LogP contribution in [0.5, 0.6) is 0 Å². The predicted molar refractivity (Wildman–Crippen MR) is 83.8 cm³/mol.